The highest BCUT2D eigenvalue weighted by molar-refractivity contribution is 7.13. The van der Waals surface area contributed by atoms with E-state index in [4.69, 9.17) is 4.74 Å². The second kappa shape index (κ2) is 8.05. The molecule has 0 aliphatic carbocycles. The van der Waals surface area contributed by atoms with Gasteiger partial charge >= 0.3 is 18.3 Å². The van der Waals surface area contributed by atoms with Crippen LogP contribution in [0, 0.1) is 0 Å². The van der Waals surface area contributed by atoms with Gasteiger partial charge in [0.15, 0.2) is 12.3 Å². The van der Waals surface area contributed by atoms with Gasteiger partial charge in [0.2, 0.25) is 11.7 Å². The Bertz CT molecular complexity index is 1070. The van der Waals surface area contributed by atoms with Crippen LogP contribution in [0.2, 0.25) is 0 Å². The van der Waals surface area contributed by atoms with Crippen LogP contribution in [0.4, 0.5) is 26.3 Å². The fourth-order valence-corrected chi connectivity index (χ4v) is 3.12. The third-order valence-corrected chi connectivity index (χ3v) is 4.49. The molecule has 0 amide bonds. The molecule has 0 atom stereocenters. The zero-order valence-corrected chi connectivity index (χ0v) is 15.8. The third-order valence-electron chi connectivity index (χ3n) is 3.60. The molecule has 0 aromatic carbocycles. The van der Waals surface area contributed by atoms with Crippen LogP contribution in [-0.2, 0) is 21.9 Å². The first kappa shape index (κ1) is 21.7. The van der Waals surface area contributed by atoms with Crippen molar-refractivity contribution in [2.45, 2.75) is 19.3 Å². The fourth-order valence-electron chi connectivity index (χ4n) is 2.44. The second-order valence-electron chi connectivity index (χ2n) is 5.67. The van der Waals surface area contributed by atoms with Gasteiger partial charge in [-0.3, -0.25) is 0 Å². The van der Waals surface area contributed by atoms with Crippen LogP contribution in [0.1, 0.15) is 18.3 Å². The van der Waals surface area contributed by atoms with Crippen molar-refractivity contribution in [2.75, 3.05) is 13.2 Å². The third kappa shape index (κ3) is 4.61. The minimum absolute atomic E-state index is 0.0555. The molecule has 0 spiro atoms. The first-order valence-electron chi connectivity index (χ1n) is 8.20. The molecule has 0 saturated carbocycles. The summed E-state index contributed by atoms with van der Waals surface area (Å²) in [6.45, 7) is 0.471. The van der Waals surface area contributed by atoms with Crippen molar-refractivity contribution in [1.82, 2.24) is 15.0 Å². The van der Waals surface area contributed by atoms with Gasteiger partial charge < -0.3 is 9.47 Å². The molecule has 3 aromatic heterocycles. The van der Waals surface area contributed by atoms with Crippen molar-refractivity contribution in [2.24, 2.45) is 0 Å². The first-order chi connectivity index (χ1) is 14.0. The number of nitrogens with zero attached hydrogens (tertiary/aromatic N) is 3. The van der Waals surface area contributed by atoms with Crippen LogP contribution in [0.15, 0.2) is 23.6 Å². The molecule has 160 valence electrons. The Balaban J connectivity index is 2.27. The van der Waals surface area contributed by atoms with E-state index in [9.17, 15) is 31.1 Å². The topological polar surface area (TPSA) is 74.2 Å². The molecule has 30 heavy (non-hydrogen) atoms. The van der Waals surface area contributed by atoms with Crippen LogP contribution in [-0.4, -0.2) is 34.1 Å². The van der Waals surface area contributed by atoms with Crippen molar-refractivity contribution < 1.29 is 40.6 Å². The number of rotatable bonds is 5. The molecule has 0 aliphatic rings. The van der Waals surface area contributed by atoms with Crippen LogP contribution in [0.25, 0.3) is 21.6 Å². The summed E-state index contributed by atoms with van der Waals surface area (Å²) in [5, 5.41) is 0.684. The molecule has 0 unspecified atom stereocenters. The number of pyridine rings is 1. The van der Waals surface area contributed by atoms with Crippen molar-refractivity contribution in [1.29, 1.82) is 0 Å². The van der Waals surface area contributed by atoms with Crippen LogP contribution in [0.5, 0.6) is 5.88 Å². The Labute approximate surface area is 168 Å². The molecule has 0 aliphatic heterocycles. The van der Waals surface area contributed by atoms with E-state index in [1.807, 2.05) is 0 Å². The number of carbonyl (C=O) groups excluding carboxylic acids is 1. The average molecular weight is 451 g/mol. The summed E-state index contributed by atoms with van der Waals surface area (Å²) < 4.78 is 90.2. The van der Waals surface area contributed by atoms with E-state index in [0.29, 0.717) is 10.9 Å². The molecule has 0 radical (unpaired) electrons. The molecule has 0 saturated heterocycles. The van der Waals surface area contributed by atoms with Gasteiger partial charge in [0.05, 0.1) is 28.1 Å². The number of ether oxygens (including phenoxy) is 2. The molecule has 3 aromatic rings. The van der Waals surface area contributed by atoms with E-state index in [1.54, 1.807) is 11.4 Å². The smallest absolute Gasteiger partial charge is 0.451 e. The first-order valence-corrected chi connectivity index (χ1v) is 9.08. The Morgan fingerprint density at radius 2 is 1.83 bits per heavy atom. The number of aromatic nitrogens is 3. The van der Waals surface area contributed by atoms with Gasteiger partial charge in [0.1, 0.15) is 0 Å². The quantitative estimate of drug-likeness (QED) is 0.413. The fraction of sp³-hybridized carbons (Fsp3) is 0.294. The predicted molar refractivity (Wildman–Crippen MR) is 92.8 cm³/mol. The Morgan fingerprint density at radius 3 is 2.40 bits per heavy atom. The highest BCUT2D eigenvalue weighted by atomic mass is 32.1. The monoisotopic (exact) mass is 451 g/mol. The molecule has 3 rings (SSSR count). The minimum Gasteiger partial charge on any atom is -0.465 e. The number of hydrogen-bond donors (Lipinski definition) is 0. The van der Waals surface area contributed by atoms with Gasteiger partial charge in [-0.25, -0.2) is 14.8 Å². The van der Waals surface area contributed by atoms with Gasteiger partial charge in [0, 0.05) is 0 Å². The van der Waals surface area contributed by atoms with E-state index in [2.05, 4.69) is 19.7 Å². The molecule has 0 fully saturated rings. The Kier molecular flexibility index (Phi) is 5.83. The zero-order valence-electron chi connectivity index (χ0n) is 15.0. The molecule has 3 heterocycles. The van der Waals surface area contributed by atoms with Crippen molar-refractivity contribution in [3.8, 4) is 16.5 Å². The van der Waals surface area contributed by atoms with E-state index in [-0.39, 0.29) is 12.3 Å². The highest BCUT2D eigenvalue weighted by Gasteiger charge is 2.40. The van der Waals surface area contributed by atoms with E-state index >= 15 is 0 Å². The summed E-state index contributed by atoms with van der Waals surface area (Å²) in [7, 11) is 0. The maximum Gasteiger partial charge on any atom is 0.451 e. The Hall–Kier alpha value is -2.96. The van der Waals surface area contributed by atoms with Gasteiger partial charge in [0.25, 0.3) is 0 Å². The standard InChI is InChI=1S/C17H11F6N3O3S/c1-2-28-11(27)7-29-14-12-8(16(18,19)20)6-9(10-4-3-5-30-10)24-13(12)25-15(26-14)17(21,22)23/h3-6H,2,7H2,1H3. The maximum absolute atomic E-state index is 13.7. The lowest BCUT2D eigenvalue weighted by Gasteiger charge is -2.16. The lowest BCUT2D eigenvalue weighted by molar-refractivity contribution is -0.146. The number of halogens is 6. The summed E-state index contributed by atoms with van der Waals surface area (Å²) in [5.74, 6) is -3.81. The number of hydrogen-bond acceptors (Lipinski definition) is 7. The van der Waals surface area contributed by atoms with E-state index in [1.165, 1.54) is 13.0 Å². The molecular weight excluding hydrogens is 440 g/mol. The summed E-state index contributed by atoms with van der Waals surface area (Å²) >= 11 is 1.05. The summed E-state index contributed by atoms with van der Waals surface area (Å²) in [4.78, 5) is 21.9. The van der Waals surface area contributed by atoms with Crippen LogP contribution < -0.4 is 4.74 Å². The molecule has 6 nitrogen and oxygen atoms in total. The highest BCUT2D eigenvalue weighted by Crippen LogP contribution is 2.41. The Morgan fingerprint density at radius 1 is 1.10 bits per heavy atom. The number of carbonyl (C=O) groups is 1. The van der Waals surface area contributed by atoms with Crippen molar-refractivity contribution in [3.63, 3.8) is 0 Å². The number of thiophene rings is 1. The molecular formula is C17H11F6N3O3S. The predicted octanol–water partition coefficient (Wildman–Crippen LogP) is 4.73. The largest absolute Gasteiger partial charge is 0.465 e. The van der Waals surface area contributed by atoms with E-state index < -0.39 is 53.2 Å². The van der Waals surface area contributed by atoms with Crippen molar-refractivity contribution >= 4 is 28.3 Å². The lowest BCUT2D eigenvalue weighted by atomic mass is 10.1. The zero-order chi connectivity index (χ0) is 22.1. The van der Waals surface area contributed by atoms with E-state index in [0.717, 1.165) is 11.3 Å². The van der Waals surface area contributed by atoms with Gasteiger partial charge in [-0.1, -0.05) is 6.07 Å². The summed E-state index contributed by atoms with van der Waals surface area (Å²) in [6.07, 6.45) is -10.1. The van der Waals surface area contributed by atoms with Crippen molar-refractivity contribution in [3.05, 3.63) is 35.0 Å². The lowest BCUT2D eigenvalue weighted by Crippen LogP contribution is -2.19. The van der Waals surface area contributed by atoms with Crippen LogP contribution >= 0.6 is 11.3 Å². The van der Waals surface area contributed by atoms with Gasteiger partial charge in [-0.2, -0.15) is 31.3 Å². The summed E-state index contributed by atoms with van der Waals surface area (Å²) in [5.41, 5.74) is -2.43. The number of esters is 1. The molecule has 0 N–H and O–H groups in total. The van der Waals surface area contributed by atoms with Crippen LogP contribution in [0.3, 0.4) is 0 Å². The molecule has 0 bridgehead atoms. The summed E-state index contributed by atoms with van der Waals surface area (Å²) in [6, 6.07) is 3.68. The maximum atomic E-state index is 13.7. The van der Waals surface area contributed by atoms with Gasteiger partial charge in [-0.05, 0) is 24.4 Å². The minimum atomic E-state index is -5.09. The average Bonchev–Trinajstić information content (AvgIpc) is 3.18. The molecule has 13 heteroatoms. The number of alkyl halides is 6. The van der Waals surface area contributed by atoms with Gasteiger partial charge in [-0.15, -0.1) is 11.3 Å². The second-order valence-corrected chi connectivity index (χ2v) is 6.62. The number of fused-ring (bicyclic) bond motifs is 1. The normalized spacial score (nSPS) is 12.2. The SMILES string of the molecule is CCOC(=O)COc1nc(C(F)(F)F)nc2nc(-c3cccs3)cc(C(F)(F)F)c12.